The van der Waals surface area contributed by atoms with Crippen LogP contribution in [-0.2, 0) is 33.6 Å². The molecule has 0 radical (unpaired) electrons. The molecular formula is C40H33Br4NO10. The Kier molecular flexibility index (Phi) is 15.9. The maximum Gasteiger partial charge on any atom is 0.339 e. The van der Waals surface area contributed by atoms with Gasteiger partial charge in [-0.2, -0.15) is 0 Å². The lowest BCUT2D eigenvalue weighted by molar-refractivity contribution is -0.136. The number of carboxylic acids is 2. The molecule has 0 aromatic heterocycles. The van der Waals surface area contributed by atoms with Crippen LogP contribution in [0.4, 0.5) is 5.69 Å². The van der Waals surface area contributed by atoms with Gasteiger partial charge in [0.2, 0.25) is 5.91 Å². The number of hydrogen-bond donors (Lipinski definition) is 4. The molecule has 5 aromatic rings. The SMILES string of the molecule is COc1ccc(Oc2c(Br)cc(CC(C)=O)cc2Br)cc1C(=O)O.O=C(O)Cc1cc(Br)c(Oc2ccc(O)c(NC(=O)CCc3ccccc3)c2)c(Br)c1. The molecule has 5 rings (SSSR count). The van der Waals surface area contributed by atoms with E-state index in [1.54, 1.807) is 36.4 Å². The van der Waals surface area contributed by atoms with Crippen molar-refractivity contribution >= 4 is 93.0 Å². The first-order chi connectivity index (χ1) is 26.1. The minimum atomic E-state index is -1.10. The summed E-state index contributed by atoms with van der Waals surface area (Å²) in [4.78, 5) is 45.8. The fraction of sp³-hybridized carbons (Fsp3) is 0.150. The van der Waals surface area contributed by atoms with Crippen LogP contribution >= 0.6 is 63.7 Å². The van der Waals surface area contributed by atoms with Gasteiger partial charge in [0.15, 0.2) is 11.5 Å². The summed E-state index contributed by atoms with van der Waals surface area (Å²) in [7, 11) is 1.41. The van der Waals surface area contributed by atoms with Crippen LogP contribution in [0.25, 0.3) is 0 Å². The molecule has 0 aliphatic rings. The molecule has 15 heteroatoms. The van der Waals surface area contributed by atoms with E-state index in [-0.39, 0.29) is 47.3 Å². The molecule has 0 bridgehead atoms. The third-order valence-electron chi connectivity index (χ3n) is 7.49. The highest BCUT2D eigenvalue weighted by molar-refractivity contribution is 9.11. The molecule has 286 valence electrons. The number of aliphatic carboxylic acids is 1. The Morgan fingerprint density at radius 3 is 1.71 bits per heavy atom. The summed E-state index contributed by atoms with van der Waals surface area (Å²) in [5, 5.41) is 31.0. The highest BCUT2D eigenvalue weighted by Crippen LogP contribution is 2.41. The third-order valence-corrected chi connectivity index (χ3v) is 9.85. The summed E-state index contributed by atoms with van der Waals surface area (Å²) in [5.41, 5.74) is 2.76. The third kappa shape index (κ3) is 12.9. The molecule has 5 aromatic carbocycles. The van der Waals surface area contributed by atoms with Crippen LogP contribution in [0.2, 0.25) is 0 Å². The lowest BCUT2D eigenvalue weighted by Crippen LogP contribution is -2.12. The van der Waals surface area contributed by atoms with Gasteiger partial charge in [0.05, 0.1) is 37.1 Å². The Morgan fingerprint density at radius 2 is 1.20 bits per heavy atom. The first-order valence-electron chi connectivity index (χ1n) is 16.2. The first-order valence-corrected chi connectivity index (χ1v) is 19.4. The number of amides is 1. The standard InChI is InChI=1S/C23H19Br2NO5.C17H14Br2O5/c24-17-10-15(12-22(29)30)11-18(25)23(17)31-16-7-8-20(27)19(13-16)26-21(28)9-6-14-4-2-1-3-5-14;1-9(20)5-10-6-13(18)16(14(19)7-10)24-11-3-4-15(23-2)12(8-11)17(21)22/h1-5,7-8,10-11,13,27H,6,9,12H2,(H,26,28)(H,29,30);3-4,6-8H,5H2,1-2H3,(H,21,22). The fourth-order valence-corrected chi connectivity index (χ4v) is 7.92. The molecule has 1 amide bonds. The van der Waals surface area contributed by atoms with Gasteiger partial charge in [0.1, 0.15) is 34.3 Å². The molecule has 0 atom stereocenters. The smallest absolute Gasteiger partial charge is 0.339 e. The van der Waals surface area contributed by atoms with Crippen molar-refractivity contribution in [2.45, 2.75) is 32.6 Å². The van der Waals surface area contributed by atoms with E-state index in [1.165, 1.54) is 38.3 Å². The van der Waals surface area contributed by atoms with Crippen LogP contribution < -0.4 is 19.5 Å². The van der Waals surface area contributed by atoms with E-state index in [0.717, 1.165) is 11.1 Å². The predicted molar refractivity (Wildman–Crippen MR) is 221 cm³/mol. The molecule has 0 aliphatic carbocycles. The minimum absolute atomic E-state index is 0.00967. The maximum atomic E-state index is 12.3. The van der Waals surface area contributed by atoms with E-state index in [1.807, 2.05) is 30.3 Å². The topological polar surface area (TPSA) is 169 Å². The number of carbonyl (C=O) groups excluding carboxylic acids is 2. The van der Waals surface area contributed by atoms with Gasteiger partial charge in [0.25, 0.3) is 0 Å². The molecule has 0 saturated heterocycles. The lowest BCUT2D eigenvalue weighted by Gasteiger charge is -2.14. The van der Waals surface area contributed by atoms with Crippen LogP contribution in [-0.4, -0.2) is 46.1 Å². The Morgan fingerprint density at radius 1 is 0.673 bits per heavy atom. The van der Waals surface area contributed by atoms with Crippen molar-refractivity contribution in [3.8, 4) is 34.5 Å². The summed E-state index contributed by atoms with van der Waals surface area (Å²) in [6.07, 6.45) is 1.07. The number of Topliss-reactive ketones (excluding diaryl/α,β-unsaturated/α-hetero) is 1. The average Bonchev–Trinajstić information content (AvgIpc) is 3.12. The summed E-state index contributed by atoms with van der Waals surface area (Å²) in [6.45, 7) is 1.52. The Hall–Kier alpha value is -4.70. The predicted octanol–water partition coefficient (Wildman–Crippen LogP) is 10.8. The second-order valence-corrected chi connectivity index (χ2v) is 15.2. The molecule has 0 heterocycles. The summed E-state index contributed by atoms with van der Waals surface area (Å²) < 4.78 is 19.2. The molecule has 11 nitrogen and oxygen atoms in total. The number of benzene rings is 5. The average molecular weight is 1010 g/mol. The Bertz CT molecular complexity index is 2170. The lowest BCUT2D eigenvalue weighted by atomic mass is 10.1. The first kappa shape index (κ1) is 43.0. The van der Waals surface area contributed by atoms with Gasteiger partial charge in [-0.05, 0) is 148 Å². The highest BCUT2D eigenvalue weighted by Gasteiger charge is 2.17. The molecule has 0 spiro atoms. The number of phenolic OH excluding ortho intramolecular Hbond substituents is 1. The van der Waals surface area contributed by atoms with E-state index >= 15 is 0 Å². The number of carbonyl (C=O) groups is 4. The number of aromatic carboxylic acids is 1. The van der Waals surface area contributed by atoms with Crippen molar-refractivity contribution in [1.29, 1.82) is 0 Å². The molecule has 0 saturated carbocycles. The fourth-order valence-electron chi connectivity index (χ4n) is 5.03. The highest BCUT2D eigenvalue weighted by atomic mass is 79.9. The van der Waals surface area contributed by atoms with Crippen molar-refractivity contribution in [1.82, 2.24) is 0 Å². The minimum Gasteiger partial charge on any atom is -0.506 e. The normalized spacial score (nSPS) is 10.4. The molecular weight excluding hydrogens is 974 g/mol. The van der Waals surface area contributed by atoms with E-state index in [4.69, 9.17) is 19.3 Å². The van der Waals surface area contributed by atoms with E-state index < -0.39 is 11.9 Å². The number of ether oxygens (including phenoxy) is 3. The van der Waals surface area contributed by atoms with Crippen molar-refractivity contribution in [3.63, 3.8) is 0 Å². The van der Waals surface area contributed by atoms with Gasteiger partial charge >= 0.3 is 11.9 Å². The van der Waals surface area contributed by atoms with Gasteiger partial charge in [-0.1, -0.05) is 30.3 Å². The van der Waals surface area contributed by atoms with Gasteiger partial charge in [-0.25, -0.2) is 4.79 Å². The number of halogens is 4. The van der Waals surface area contributed by atoms with E-state index in [2.05, 4.69) is 69.0 Å². The number of carboxylic acid groups (broad SMARTS) is 2. The monoisotopic (exact) mass is 1000 g/mol. The van der Waals surface area contributed by atoms with Crippen molar-refractivity contribution in [2.75, 3.05) is 12.4 Å². The van der Waals surface area contributed by atoms with Gasteiger partial charge in [-0.3, -0.25) is 14.4 Å². The van der Waals surface area contributed by atoms with E-state index in [9.17, 15) is 29.4 Å². The number of ketones is 1. The number of aryl methyl sites for hydroxylation is 1. The second kappa shape index (κ2) is 20.3. The van der Waals surface area contributed by atoms with Gasteiger partial charge < -0.3 is 34.8 Å². The van der Waals surface area contributed by atoms with Crippen LogP contribution in [0.15, 0.2) is 109 Å². The number of aromatic hydroxyl groups is 1. The number of rotatable bonds is 14. The van der Waals surface area contributed by atoms with Crippen LogP contribution in [0, 0.1) is 0 Å². The molecule has 55 heavy (non-hydrogen) atoms. The van der Waals surface area contributed by atoms with Gasteiger partial charge in [0, 0.05) is 18.9 Å². The maximum absolute atomic E-state index is 12.3. The Balaban J connectivity index is 0.000000253. The number of nitrogens with one attached hydrogen (secondary N) is 1. The number of anilines is 1. The number of hydrogen-bond acceptors (Lipinski definition) is 8. The zero-order chi connectivity index (χ0) is 40.2. The summed E-state index contributed by atoms with van der Waals surface area (Å²) in [5.74, 6) is -0.339. The summed E-state index contributed by atoms with van der Waals surface area (Å²) in [6, 6.07) is 25.7. The van der Waals surface area contributed by atoms with Crippen LogP contribution in [0.5, 0.6) is 34.5 Å². The number of phenols is 1. The zero-order valence-corrected chi connectivity index (χ0v) is 35.5. The summed E-state index contributed by atoms with van der Waals surface area (Å²) >= 11 is 13.6. The second-order valence-electron chi connectivity index (χ2n) is 11.8. The quantitative estimate of drug-likeness (QED) is 0.0786. The molecule has 0 fully saturated rings. The Labute approximate surface area is 350 Å². The molecule has 4 N–H and O–H groups in total. The van der Waals surface area contributed by atoms with Gasteiger partial charge in [-0.15, -0.1) is 0 Å². The van der Waals surface area contributed by atoms with Crippen molar-refractivity contribution < 1.29 is 48.7 Å². The number of methoxy groups -OCH3 is 1. The molecule has 0 unspecified atom stereocenters. The van der Waals surface area contributed by atoms with Crippen LogP contribution in [0.1, 0.15) is 40.4 Å². The van der Waals surface area contributed by atoms with Crippen LogP contribution in [0.3, 0.4) is 0 Å². The van der Waals surface area contributed by atoms with Crippen molar-refractivity contribution in [3.05, 3.63) is 131 Å². The van der Waals surface area contributed by atoms with Crippen molar-refractivity contribution in [2.24, 2.45) is 0 Å². The van der Waals surface area contributed by atoms with E-state index in [0.29, 0.717) is 59.3 Å². The largest absolute Gasteiger partial charge is 0.506 e. The zero-order valence-electron chi connectivity index (χ0n) is 29.2. The molecule has 0 aliphatic heterocycles.